The molecule has 0 fully saturated rings. The Morgan fingerprint density at radius 1 is 1.27 bits per heavy atom. The molecule has 1 atom stereocenters. The van der Waals surface area contributed by atoms with Crippen molar-refractivity contribution in [3.63, 3.8) is 0 Å². The second-order valence-electron chi connectivity index (χ2n) is 6.53. The van der Waals surface area contributed by atoms with Crippen molar-refractivity contribution < 1.29 is 4.79 Å². The van der Waals surface area contributed by atoms with Crippen LogP contribution in [-0.2, 0) is 12.5 Å². The molecule has 22 heavy (non-hydrogen) atoms. The third-order valence-electron chi connectivity index (χ3n) is 3.73. The first-order valence-electron chi connectivity index (χ1n) is 7.29. The molecule has 0 aliphatic rings. The number of nitrogens with one attached hydrogen (secondary N) is 1. The minimum Gasteiger partial charge on any atom is -0.344 e. The molecule has 1 amide bonds. The van der Waals surface area contributed by atoms with Gasteiger partial charge >= 0.3 is 0 Å². The molecule has 1 N–H and O–H groups in total. The molecule has 0 bridgehead atoms. The van der Waals surface area contributed by atoms with E-state index in [1.165, 1.54) is 5.56 Å². The van der Waals surface area contributed by atoms with Crippen LogP contribution in [0.4, 0.5) is 0 Å². The summed E-state index contributed by atoms with van der Waals surface area (Å²) < 4.78 is 2.46. The van der Waals surface area contributed by atoms with Crippen LogP contribution in [-0.4, -0.2) is 15.7 Å². The number of hydrogen-bond donors (Lipinski definition) is 1. The van der Waals surface area contributed by atoms with E-state index < -0.39 is 0 Å². The normalized spacial score (nSPS) is 13.0. The maximum absolute atomic E-state index is 12.4. The molecule has 118 valence electrons. The van der Waals surface area contributed by atoms with Crippen LogP contribution < -0.4 is 5.32 Å². The summed E-state index contributed by atoms with van der Waals surface area (Å²) in [6.45, 7) is 8.57. The topological polar surface area (TPSA) is 46.9 Å². The fourth-order valence-corrected chi connectivity index (χ4v) is 3.00. The van der Waals surface area contributed by atoms with Crippen LogP contribution in [0.1, 0.15) is 55.4 Å². The van der Waals surface area contributed by atoms with Gasteiger partial charge in [0.15, 0.2) is 0 Å². The maximum atomic E-state index is 12.4. The Balaban J connectivity index is 2.12. The molecule has 0 saturated carbocycles. The van der Waals surface area contributed by atoms with Gasteiger partial charge < -0.3 is 5.32 Å². The molecular weight excluding hydrogens is 389 g/mol. The molecule has 0 spiro atoms. The summed E-state index contributed by atoms with van der Waals surface area (Å²) in [6.07, 6.45) is 1.69. The van der Waals surface area contributed by atoms with E-state index >= 15 is 0 Å². The second-order valence-corrected chi connectivity index (χ2v) is 7.69. The van der Waals surface area contributed by atoms with Gasteiger partial charge in [0, 0.05) is 7.05 Å². The highest BCUT2D eigenvalue weighted by molar-refractivity contribution is 14.1. The molecule has 5 heteroatoms. The van der Waals surface area contributed by atoms with Gasteiger partial charge in [0.05, 0.1) is 15.8 Å². The first-order chi connectivity index (χ1) is 10.2. The highest BCUT2D eigenvalue weighted by Crippen LogP contribution is 2.24. The van der Waals surface area contributed by atoms with Crippen molar-refractivity contribution in [1.29, 1.82) is 0 Å². The summed E-state index contributed by atoms with van der Waals surface area (Å²) in [4.78, 5) is 12.4. The number of aromatic nitrogens is 2. The van der Waals surface area contributed by atoms with Gasteiger partial charge in [0.2, 0.25) is 0 Å². The summed E-state index contributed by atoms with van der Waals surface area (Å²) in [5.41, 5.74) is 3.11. The monoisotopic (exact) mass is 411 g/mol. The number of aryl methyl sites for hydroxylation is 1. The maximum Gasteiger partial charge on any atom is 0.271 e. The Morgan fingerprint density at radius 3 is 2.32 bits per heavy atom. The largest absolute Gasteiger partial charge is 0.344 e. The molecule has 0 aliphatic heterocycles. The zero-order valence-electron chi connectivity index (χ0n) is 13.6. The molecule has 0 radical (unpaired) electrons. The first kappa shape index (κ1) is 17.0. The van der Waals surface area contributed by atoms with Crippen molar-refractivity contribution >= 4 is 28.5 Å². The number of halogens is 1. The Bertz CT molecular complexity index is 649. The van der Waals surface area contributed by atoms with Gasteiger partial charge in [-0.1, -0.05) is 45.0 Å². The van der Waals surface area contributed by atoms with Crippen molar-refractivity contribution in [2.75, 3.05) is 0 Å². The molecule has 0 saturated heterocycles. The lowest BCUT2D eigenvalue weighted by Gasteiger charge is -2.20. The number of carbonyl (C=O) groups is 1. The Morgan fingerprint density at radius 2 is 1.86 bits per heavy atom. The highest BCUT2D eigenvalue weighted by Gasteiger charge is 2.18. The van der Waals surface area contributed by atoms with Crippen molar-refractivity contribution in [3.8, 4) is 0 Å². The molecule has 1 aromatic carbocycles. The molecule has 0 aliphatic carbocycles. The van der Waals surface area contributed by atoms with Crippen LogP contribution in [0.15, 0.2) is 30.5 Å². The number of benzene rings is 1. The van der Waals surface area contributed by atoms with Crippen LogP contribution in [0.3, 0.4) is 0 Å². The summed E-state index contributed by atoms with van der Waals surface area (Å²) in [7, 11) is 1.78. The lowest BCUT2D eigenvalue weighted by atomic mass is 9.86. The van der Waals surface area contributed by atoms with E-state index in [0.717, 1.165) is 9.13 Å². The quantitative estimate of drug-likeness (QED) is 0.781. The van der Waals surface area contributed by atoms with E-state index in [0.29, 0.717) is 5.69 Å². The lowest BCUT2D eigenvalue weighted by molar-refractivity contribution is 0.0929. The average Bonchev–Trinajstić information content (AvgIpc) is 2.77. The van der Waals surface area contributed by atoms with Crippen molar-refractivity contribution in [2.24, 2.45) is 7.05 Å². The van der Waals surface area contributed by atoms with Crippen LogP contribution in [0, 0.1) is 3.57 Å². The average molecular weight is 411 g/mol. The third kappa shape index (κ3) is 3.69. The summed E-state index contributed by atoms with van der Waals surface area (Å²) >= 11 is 2.13. The van der Waals surface area contributed by atoms with Gasteiger partial charge in [-0.25, -0.2) is 0 Å². The minimum absolute atomic E-state index is 0.0489. The van der Waals surface area contributed by atoms with E-state index in [9.17, 15) is 4.79 Å². The van der Waals surface area contributed by atoms with Gasteiger partial charge in [0.25, 0.3) is 5.91 Å². The molecule has 1 aromatic heterocycles. The van der Waals surface area contributed by atoms with E-state index in [1.807, 2.05) is 6.92 Å². The Labute approximate surface area is 145 Å². The van der Waals surface area contributed by atoms with E-state index in [1.54, 1.807) is 17.9 Å². The van der Waals surface area contributed by atoms with Gasteiger partial charge in [-0.05, 0) is 46.1 Å². The van der Waals surface area contributed by atoms with E-state index in [-0.39, 0.29) is 17.4 Å². The molecular formula is C17H22IN3O. The van der Waals surface area contributed by atoms with E-state index in [4.69, 9.17) is 0 Å². The van der Waals surface area contributed by atoms with Gasteiger partial charge in [-0.2, -0.15) is 5.10 Å². The Hall–Kier alpha value is -1.37. The van der Waals surface area contributed by atoms with Crippen molar-refractivity contribution in [1.82, 2.24) is 15.1 Å². The van der Waals surface area contributed by atoms with E-state index in [2.05, 4.69) is 78.0 Å². The molecule has 1 heterocycles. The van der Waals surface area contributed by atoms with Crippen LogP contribution in [0.25, 0.3) is 0 Å². The zero-order valence-corrected chi connectivity index (χ0v) is 15.8. The molecule has 4 nitrogen and oxygen atoms in total. The first-order valence-corrected chi connectivity index (χ1v) is 8.37. The fraction of sp³-hybridized carbons (Fsp3) is 0.412. The Kier molecular flexibility index (Phi) is 4.94. The van der Waals surface area contributed by atoms with Crippen molar-refractivity contribution in [2.45, 2.75) is 39.2 Å². The van der Waals surface area contributed by atoms with Crippen LogP contribution in [0.5, 0.6) is 0 Å². The van der Waals surface area contributed by atoms with Crippen LogP contribution in [0.2, 0.25) is 0 Å². The minimum atomic E-state index is -0.100. The van der Waals surface area contributed by atoms with Gasteiger partial charge in [0.1, 0.15) is 5.69 Å². The third-order valence-corrected chi connectivity index (χ3v) is 4.52. The number of rotatable bonds is 3. The predicted molar refractivity (Wildman–Crippen MR) is 96.9 cm³/mol. The van der Waals surface area contributed by atoms with Crippen molar-refractivity contribution in [3.05, 3.63) is 50.9 Å². The van der Waals surface area contributed by atoms with Gasteiger partial charge in [-0.15, -0.1) is 0 Å². The number of nitrogens with zero attached hydrogens (tertiary/aromatic N) is 2. The zero-order chi connectivity index (χ0) is 16.5. The molecule has 2 rings (SSSR count). The highest BCUT2D eigenvalue weighted by atomic mass is 127. The van der Waals surface area contributed by atoms with Crippen LogP contribution >= 0.6 is 22.6 Å². The fourth-order valence-electron chi connectivity index (χ4n) is 2.29. The molecule has 2 aromatic rings. The predicted octanol–water partition coefficient (Wildman–Crippen LogP) is 3.81. The smallest absolute Gasteiger partial charge is 0.271 e. The number of hydrogen-bond acceptors (Lipinski definition) is 2. The number of amides is 1. The van der Waals surface area contributed by atoms with Gasteiger partial charge in [-0.3, -0.25) is 9.48 Å². The summed E-state index contributed by atoms with van der Waals surface area (Å²) in [6, 6.07) is 8.38. The summed E-state index contributed by atoms with van der Waals surface area (Å²) in [5, 5.41) is 7.14. The molecule has 0 unspecified atom stereocenters. The lowest BCUT2D eigenvalue weighted by Crippen LogP contribution is -2.29. The number of carbonyl (C=O) groups excluding carboxylic acids is 1. The second kappa shape index (κ2) is 6.40. The standard InChI is InChI=1S/C17H22IN3O/c1-11(12-6-8-13(9-7-12)17(2,3)4)20-16(22)15-14(18)10-19-21(15)5/h6-11H,1-5H3,(H,20,22)/t11-/m0/s1. The SMILES string of the molecule is C[C@H](NC(=O)c1c(I)cnn1C)c1ccc(C(C)(C)C)cc1. The summed E-state index contributed by atoms with van der Waals surface area (Å²) in [5.74, 6) is -0.100.